The van der Waals surface area contributed by atoms with Gasteiger partial charge in [-0.15, -0.1) is 0 Å². The zero-order valence-electron chi connectivity index (χ0n) is 14.2. The van der Waals surface area contributed by atoms with Crippen molar-refractivity contribution in [1.82, 2.24) is 14.9 Å². The summed E-state index contributed by atoms with van der Waals surface area (Å²) in [6.07, 6.45) is 10.1. The molecule has 2 aliphatic rings. The molecule has 0 bridgehead atoms. The first-order chi connectivity index (χ1) is 11.8. The Labute approximate surface area is 143 Å². The van der Waals surface area contributed by atoms with Crippen LogP contribution < -0.4 is 5.32 Å². The lowest BCUT2D eigenvalue weighted by molar-refractivity contribution is -0.126. The Bertz CT molecular complexity index is 730. The van der Waals surface area contributed by atoms with E-state index in [9.17, 15) is 4.79 Å². The predicted molar refractivity (Wildman–Crippen MR) is 94.6 cm³/mol. The molecular weight excluding hydrogens is 298 g/mol. The molecule has 1 N–H and O–H groups in total. The van der Waals surface area contributed by atoms with Gasteiger partial charge in [0.05, 0.1) is 24.3 Å². The summed E-state index contributed by atoms with van der Waals surface area (Å²) in [5, 5.41) is 3.21. The monoisotopic (exact) mass is 323 g/mol. The van der Waals surface area contributed by atoms with E-state index in [1.54, 1.807) is 0 Å². The summed E-state index contributed by atoms with van der Waals surface area (Å²) in [4.78, 5) is 16.9. The standard InChI is InChI=1S/C20H25N3O/c1-14(15-7-3-2-4-8-15)20(24)22-12-19-17-10-6-5-9-16(17)18-11-21-13-23(18)19/h5-6,9-11,13-15,19H,2-4,7-8,12H2,1H3,(H,22,24)/t14-,19+/m1/s1. The zero-order chi connectivity index (χ0) is 16.5. The molecule has 4 rings (SSSR count). The first-order valence-corrected chi connectivity index (χ1v) is 9.14. The van der Waals surface area contributed by atoms with Crippen molar-refractivity contribution < 1.29 is 4.79 Å². The second kappa shape index (κ2) is 6.42. The van der Waals surface area contributed by atoms with E-state index in [2.05, 4.69) is 46.1 Å². The molecule has 1 aromatic carbocycles. The summed E-state index contributed by atoms with van der Waals surface area (Å²) in [6, 6.07) is 8.57. The minimum absolute atomic E-state index is 0.115. The van der Waals surface area contributed by atoms with Crippen LogP contribution in [0.15, 0.2) is 36.8 Å². The van der Waals surface area contributed by atoms with Gasteiger partial charge in [-0.3, -0.25) is 4.79 Å². The van der Waals surface area contributed by atoms with E-state index in [1.807, 2.05) is 12.5 Å². The summed E-state index contributed by atoms with van der Waals surface area (Å²) in [6.45, 7) is 2.73. The maximum absolute atomic E-state index is 12.6. The fourth-order valence-electron chi connectivity index (χ4n) is 4.35. The van der Waals surface area contributed by atoms with Crippen LogP contribution in [0.25, 0.3) is 11.3 Å². The number of carbonyl (C=O) groups is 1. The van der Waals surface area contributed by atoms with Gasteiger partial charge in [0.1, 0.15) is 0 Å². The van der Waals surface area contributed by atoms with Gasteiger partial charge in [0.2, 0.25) is 5.91 Å². The Morgan fingerprint density at radius 1 is 1.29 bits per heavy atom. The number of carbonyl (C=O) groups excluding carboxylic acids is 1. The van der Waals surface area contributed by atoms with Crippen LogP contribution in [0.1, 0.15) is 50.6 Å². The highest BCUT2D eigenvalue weighted by molar-refractivity contribution is 5.79. The molecule has 0 radical (unpaired) electrons. The Morgan fingerprint density at radius 3 is 2.92 bits per heavy atom. The minimum Gasteiger partial charge on any atom is -0.353 e. The van der Waals surface area contributed by atoms with Crippen LogP contribution in [0, 0.1) is 11.8 Å². The SMILES string of the molecule is C[C@@H](C(=O)NC[C@H]1c2ccccc2-c2cncn21)C1CCCCC1. The number of nitrogens with zero attached hydrogens (tertiary/aromatic N) is 2. The summed E-state index contributed by atoms with van der Waals surface area (Å²) >= 11 is 0. The van der Waals surface area contributed by atoms with E-state index in [0.717, 1.165) is 5.69 Å². The lowest BCUT2D eigenvalue weighted by Crippen LogP contribution is -2.37. The molecule has 1 aliphatic carbocycles. The van der Waals surface area contributed by atoms with Gasteiger partial charge < -0.3 is 9.88 Å². The van der Waals surface area contributed by atoms with Gasteiger partial charge in [0.15, 0.2) is 0 Å². The molecule has 1 saturated carbocycles. The van der Waals surface area contributed by atoms with Crippen molar-refractivity contribution in [3.05, 3.63) is 42.4 Å². The fourth-order valence-corrected chi connectivity index (χ4v) is 4.35. The van der Waals surface area contributed by atoms with Crippen LogP contribution in [-0.4, -0.2) is 22.0 Å². The molecular formula is C20H25N3O. The number of aromatic nitrogens is 2. The van der Waals surface area contributed by atoms with Gasteiger partial charge in [-0.05, 0) is 24.3 Å². The van der Waals surface area contributed by atoms with E-state index >= 15 is 0 Å². The molecule has 2 atom stereocenters. The molecule has 0 saturated heterocycles. The Hall–Kier alpha value is -2.10. The second-order valence-electron chi connectivity index (χ2n) is 7.22. The number of benzene rings is 1. The van der Waals surface area contributed by atoms with Crippen molar-refractivity contribution in [1.29, 1.82) is 0 Å². The average Bonchev–Trinajstić information content (AvgIpc) is 3.21. The first kappa shape index (κ1) is 15.4. The number of nitrogens with one attached hydrogen (secondary N) is 1. The maximum Gasteiger partial charge on any atom is 0.223 e. The third-order valence-electron chi connectivity index (χ3n) is 5.84. The summed E-state index contributed by atoms with van der Waals surface area (Å²) in [5.74, 6) is 0.871. The van der Waals surface area contributed by atoms with Crippen LogP contribution >= 0.6 is 0 Å². The lowest BCUT2D eigenvalue weighted by atomic mass is 9.80. The number of imidazole rings is 1. The largest absolute Gasteiger partial charge is 0.353 e. The third kappa shape index (κ3) is 2.64. The highest BCUT2D eigenvalue weighted by atomic mass is 16.1. The molecule has 2 heterocycles. The summed E-state index contributed by atoms with van der Waals surface area (Å²) < 4.78 is 2.18. The molecule has 2 aromatic rings. The van der Waals surface area contributed by atoms with Crippen molar-refractivity contribution in [3.8, 4) is 11.3 Å². The number of fused-ring (bicyclic) bond motifs is 3. The summed E-state index contributed by atoms with van der Waals surface area (Å²) in [5.41, 5.74) is 3.65. The Balaban J connectivity index is 1.45. The smallest absolute Gasteiger partial charge is 0.223 e. The van der Waals surface area contributed by atoms with Gasteiger partial charge in [-0.2, -0.15) is 0 Å². The molecule has 0 unspecified atom stereocenters. The number of hydrogen-bond acceptors (Lipinski definition) is 2. The summed E-state index contributed by atoms with van der Waals surface area (Å²) in [7, 11) is 0. The minimum atomic E-state index is 0.115. The van der Waals surface area contributed by atoms with Crippen LogP contribution in [0.3, 0.4) is 0 Å². The fraction of sp³-hybridized carbons (Fsp3) is 0.500. The average molecular weight is 323 g/mol. The molecule has 1 fully saturated rings. The zero-order valence-corrected chi connectivity index (χ0v) is 14.2. The molecule has 0 spiro atoms. The van der Waals surface area contributed by atoms with E-state index < -0.39 is 0 Å². The normalized spacial score (nSPS) is 21.1. The number of amides is 1. The highest BCUT2D eigenvalue weighted by Crippen LogP contribution is 2.38. The third-order valence-corrected chi connectivity index (χ3v) is 5.84. The molecule has 24 heavy (non-hydrogen) atoms. The second-order valence-corrected chi connectivity index (χ2v) is 7.22. The molecule has 1 amide bonds. The van der Waals surface area contributed by atoms with Crippen molar-refractivity contribution in [2.24, 2.45) is 11.8 Å². The predicted octanol–water partition coefficient (Wildman–Crippen LogP) is 3.79. The molecule has 1 aliphatic heterocycles. The topological polar surface area (TPSA) is 46.9 Å². The van der Waals surface area contributed by atoms with E-state index in [4.69, 9.17) is 0 Å². The Morgan fingerprint density at radius 2 is 2.08 bits per heavy atom. The van der Waals surface area contributed by atoms with Gasteiger partial charge in [-0.25, -0.2) is 4.98 Å². The Kier molecular flexibility index (Phi) is 4.13. The van der Waals surface area contributed by atoms with Gasteiger partial charge in [0, 0.05) is 18.0 Å². The van der Waals surface area contributed by atoms with Crippen LogP contribution in [-0.2, 0) is 4.79 Å². The molecule has 4 heteroatoms. The quantitative estimate of drug-likeness (QED) is 0.930. The lowest BCUT2D eigenvalue weighted by Gasteiger charge is -2.27. The van der Waals surface area contributed by atoms with E-state index in [0.29, 0.717) is 12.5 Å². The van der Waals surface area contributed by atoms with Gasteiger partial charge in [-0.1, -0.05) is 50.5 Å². The van der Waals surface area contributed by atoms with Gasteiger partial charge >= 0.3 is 0 Å². The number of rotatable bonds is 4. The van der Waals surface area contributed by atoms with E-state index in [1.165, 1.54) is 43.2 Å². The van der Waals surface area contributed by atoms with Crippen molar-refractivity contribution in [3.63, 3.8) is 0 Å². The van der Waals surface area contributed by atoms with Crippen molar-refractivity contribution >= 4 is 5.91 Å². The van der Waals surface area contributed by atoms with E-state index in [-0.39, 0.29) is 17.9 Å². The molecule has 1 aromatic heterocycles. The van der Waals surface area contributed by atoms with Crippen molar-refractivity contribution in [2.75, 3.05) is 6.54 Å². The van der Waals surface area contributed by atoms with Crippen molar-refractivity contribution in [2.45, 2.75) is 45.1 Å². The van der Waals surface area contributed by atoms with Crippen LogP contribution in [0.4, 0.5) is 0 Å². The maximum atomic E-state index is 12.6. The van der Waals surface area contributed by atoms with Crippen LogP contribution in [0.2, 0.25) is 0 Å². The molecule has 126 valence electrons. The number of hydrogen-bond donors (Lipinski definition) is 1. The molecule has 4 nitrogen and oxygen atoms in total. The highest BCUT2D eigenvalue weighted by Gasteiger charge is 2.30. The first-order valence-electron chi connectivity index (χ1n) is 9.14. The van der Waals surface area contributed by atoms with Crippen LogP contribution in [0.5, 0.6) is 0 Å². The van der Waals surface area contributed by atoms with Gasteiger partial charge in [0.25, 0.3) is 0 Å².